The van der Waals surface area contributed by atoms with Crippen molar-refractivity contribution < 1.29 is 4.79 Å². The molecule has 7 nitrogen and oxygen atoms in total. The van der Waals surface area contributed by atoms with Gasteiger partial charge in [0.2, 0.25) is 5.91 Å². The van der Waals surface area contributed by atoms with Crippen molar-refractivity contribution in [1.82, 2.24) is 19.2 Å². The summed E-state index contributed by atoms with van der Waals surface area (Å²) < 4.78 is 3.07. The Bertz CT molecular complexity index is 835. The average molecular weight is 462 g/mol. The Kier molecular flexibility index (Phi) is 10.3. The van der Waals surface area contributed by atoms with Gasteiger partial charge >= 0.3 is 5.69 Å². The summed E-state index contributed by atoms with van der Waals surface area (Å²) in [5.74, 6) is 2.55. The lowest BCUT2D eigenvalue weighted by Crippen LogP contribution is -2.48. The van der Waals surface area contributed by atoms with Gasteiger partial charge in [0.05, 0.1) is 11.7 Å². The topological polar surface area (TPSA) is 86.2 Å². The second-order valence-electron chi connectivity index (χ2n) is 6.80. The lowest BCUT2D eigenvalue weighted by Gasteiger charge is -2.33. The molecule has 162 valence electrons. The molecular weight excluding hydrogens is 433 g/mol. The van der Waals surface area contributed by atoms with Crippen LogP contribution in [0.5, 0.6) is 0 Å². The fraction of sp³-hybridized carbons (Fsp3) is 0.526. The van der Waals surface area contributed by atoms with Gasteiger partial charge in [-0.2, -0.15) is 16.9 Å². The second-order valence-corrected chi connectivity index (χ2v) is 8.12. The highest BCUT2D eigenvalue weighted by Gasteiger charge is 2.30. The number of piperidine rings is 1. The first kappa shape index (κ1) is 25.6. The van der Waals surface area contributed by atoms with Crippen LogP contribution in [0.15, 0.2) is 35.1 Å². The number of para-hydroxylation sites is 1. The van der Waals surface area contributed by atoms with Gasteiger partial charge in [0, 0.05) is 31.8 Å². The number of nitrogens with two attached hydrogens (primary N) is 1. The van der Waals surface area contributed by atoms with Gasteiger partial charge in [-0.3, -0.25) is 4.79 Å². The van der Waals surface area contributed by atoms with E-state index in [0.29, 0.717) is 18.8 Å². The highest BCUT2D eigenvalue weighted by molar-refractivity contribution is 7.99. The Morgan fingerprint density at radius 3 is 2.45 bits per heavy atom. The summed E-state index contributed by atoms with van der Waals surface area (Å²) in [7, 11) is 1.67. The smallest absolute Gasteiger partial charge is 0.341 e. The van der Waals surface area contributed by atoms with Crippen molar-refractivity contribution in [2.75, 3.05) is 24.6 Å². The summed E-state index contributed by atoms with van der Waals surface area (Å²) in [6, 6.07) is 9.13. The molecule has 2 N–H and O–H groups in total. The van der Waals surface area contributed by atoms with Crippen LogP contribution in [0.3, 0.4) is 0 Å². The van der Waals surface area contributed by atoms with E-state index in [4.69, 9.17) is 5.73 Å². The summed E-state index contributed by atoms with van der Waals surface area (Å²) in [5.41, 5.74) is 6.71. The number of amides is 1. The van der Waals surface area contributed by atoms with Gasteiger partial charge in [-0.05, 0) is 30.7 Å². The number of carbonyl (C=O) groups is 1. The van der Waals surface area contributed by atoms with E-state index in [1.54, 1.807) is 23.4 Å². The maximum Gasteiger partial charge on any atom is 0.350 e. The standard InChI is InChI=1S/C19H27N5O2S.2ClH/c1-3-27-13-16(20)18(25)23-11-9-14(10-12-23)17-21-22(2)19(26)24(17)15-7-5-4-6-8-15;;/h4-8,14,16H,3,9-13,20H2,1-2H3;2*1H/t16-;;/m0../s1. The van der Waals surface area contributed by atoms with Crippen molar-refractivity contribution in [2.24, 2.45) is 12.8 Å². The van der Waals surface area contributed by atoms with Crippen LogP contribution in [-0.2, 0) is 11.8 Å². The number of halogens is 2. The van der Waals surface area contributed by atoms with Crippen LogP contribution in [0.25, 0.3) is 5.69 Å². The van der Waals surface area contributed by atoms with Gasteiger partial charge in [0.1, 0.15) is 5.82 Å². The first-order valence-corrected chi connectivity index (χ1v) is 10.5. The number of likely N-dealkylation sites (tertiary alicyclic amines) is 1. The van der Waals surface area contributed by atoms with E-state index in [9.17, 15) is 9.59 Å². The Morgan fingerprint density at radius 1 is 1.24 bits per heavy atom. The monoisotopic (exact) mass is 461 g/mol. The number of hydrogen-bond acceptors (Lipinski definition) is 5. The van der Waals surface area contributed by atoms with Crippen LogP contribution in [0.4, 0.5) is 0 Å². The van der Waals surface area contributed by atoms with Gasteiger partial charge in [-0.1, -0.05) is 25.1 Å². The predicted octanol–water partition coefficient (Wildman–Crippen LogP) is 2.20. The quantitative estimate of drug-likeness (QED) is 0.712. The molecule has 1 saturated heterocycles. The van der Waals surface area contributed by atoms with Crippen molar-refractivity contribution in [3.05, 3.63) is 46.6 Å². The SMILES string of the molecule is CCSC[C@H](N)C(=O)N1CCC(c2nn(C)c(=O)n2-c2ccccc2)CC1.Cl.Cl. The molecular formula is C19H29Cl2N5O2S. The lowest BCUT2D eigenvalue weighted by molar-refractivity contribution is -0.133. The minimum atomic E-state index is -0.441. The predicted molar refractivity (Wildman–Crippen MR) is 123 cm³/mol. The minimum Gasteiger partial charge on any atom is -0.341 e. The number of carbonyl (C=O) groups excluding carboxylic acids is 1. The van der Waals surface area contributed by atoms with Gasteiger partial charge in [0.25, 0.3) is 0 Å². The number of rotatable bonds is 6. The zero-order valence-electron chi connectivity index (χ0n) is 16.7. The molecule has 1 aliphatic heterocycles. The molecule has 0 unspecified atom stereocenters. The largest absolute Gasteiger partial charge is 0.350 e. The fourth-order valence-electron chi connectivity index (χ4n) is 3.48. The molecule has 0 bridgehead atoms. The minimum absolute atomic E-state index is 0. The van der Waals surface area contributed by atoms with E-state index in [2.05, 4.69) is 12.0 Å². The molecule has 0 spiro atoms. The van der Waals surface area contributed by atoms with Crippen molar-refractivity contribution in [1.29, 1.82) is 0 Å². The van der Waals surface area contributed by atoms with Crippen LogP contribution in [-0.4, -0.2) is 55.8 Å². The molecule has 2 heterocycles. The first-order valence-electron chi connectivity index (χ1n) is 9.36. The van der Waals surface area contributed by atoms with E-state index < -0.39 is 6.04 Å². The van der Waals surface area contributed by atoms with Crippen molar-refractivity contribution in [3.63, 3.8) is 0 Å². The molecule has 29 heavy (non-hydrogen) atoms. The van der Waals surface area contributed by atoms with Crippen LogP contribution < -0.4 is 11.4 Å². The number of nitrogens with zero attached hydrogens (tertiary/aromatic N) is 4. The number of aromatic nitrogens is 3. The van der Waals surface area contributed by atoms with Gasteiger partial charge in [-0.15, -0.1) is 24.8 Å². The van der Waals surface area contributed by atoms with E-state index in [-0.39, 0.29) is 42.3 Å². The maximum absolute atomic E-state index is 12.6. The third-order valence-corrected chi connectivity index (χ3v) is 5.96. The molecule has 1 aromatic heterocycles. The number of thioether (sulfide) groups is 1. The molecule has 1 amide bonds. The molecule has 3 rings (SSSR count). The normalized spacial score (nSPS) is 15.3. The van der Waals surface area contributed by atoms with Gasteiger partial charge < -0.3 is 10.6 Å². The zero-order valence-corrected chi connectivity index (χ0v) is 19.1. The zero-order chi connectivity index (χ0) is 19.4. The van der Waals surface area contributed by atoms with Crippen molar-refractivity contribution in [3.8, 4) is 5.69 Å². The van der Waals surface area contributed by atoms with Crippen LogP contribution in [0.1, 0.15) is 31.5 Å². The first-order chi connectivity index (χ1) is 13.0. The molecule has 0 saturated carbocycles. The van der Waals surface area contributed by atoms with E-state index in [0.717, 1.165) is 30.1 Å². The molecule has 1 aliphatic rings. The third-order valence-electron chi connectivity index (χ3n) is 4.95. The molecule has 1 aromatic carbocycles. The Hall–Kier alpha value is -1.48. The molecule has 0 radical (unpaired) electrons. The van der Waals surface area contributed by atoms with E-state index in [1.807, 2.05) is 35.2 Å². The summed E-state index contributed by atoms with van der Waals surface area (Å²) in [6.45, 7) is 3.35. The summed E-state index contributed by atoms with van der Waals surface area (Å²) in [6.07, 6.45) is 1.56. The highest BCUT2D eigenvalue weighted by atomic mass is 35.5. The maximum atomic E-state index is 12.6. The summed E-state index contributed by atoms with van der Waals surface area (Å²) in [5, 5.41) is 4.49. The number of benzene rings is 1. The molecule has 1 atom stereocenters. The van der Waals surface area contributed by atoms with Gasteiger partial charge in [0.15, 0.2) is 0 Å². The van der Waals surface area contributed by atoms with Gasteiger partial charge in [-0.25, -0.2) is 14.0 Å². The summed E-state index contributed by atoms with van der Waals surface area (Å²) >= 11 is 1.69. The molecule has 2 aromatic rings. The third kappa shape index (κ3) is 5.78. The fourth-order valence-corrected chi connectivity index (χ4v) is 4.11. The van der Waals surface area contributed by atoms with Crippen molar-refractivity contribution in [2.45, 2.75) is 31.7 Å². The average Bonchev–Trinajstić information content (AvgIpc) is 3.01. The number of hydrogen-bond donors (Lipinski definition) is 1. The van der Waals surface area contributed by atoms with Crippen LogP contribution in [0, 0.1) is 0 Å². The van der Waals surface area contributed by atoms with Crippen LogP contribution >= 0.6 is 36.6 Å². The molecule has 1 fully saturated rings. The highest BCUT2D eigenvalue weighted by Crippen LogP contribution is 2.27. The summed E-state index contributed by atoms with van der Waals surface area (Å²) in [4.78, 5) is 26.9. The molecule has 0 aliphatic carbocycles. The second kappa shape index (κ2) is 11.6. The Labute approximate surface area is 187 Å². The molecule has 10 heteroatoms. The number of aryl methyl sites for hydroxylation is 1. The lowest BCUT2D eigenvalue weighted by atomic mass is 9.95. The van der Waals surface area contributed by atoms with E-state index >= 15 is 0 Å². The van der Waals surface area contributed by atoms with Crippen LogP contribution in [0.2, 0.25) is 0 Å². The Morgan fingerprint density at radius 2 is 1.86 bits per heavy atom. The van der Waals surface area contributed by atoms with Crippen molar-refractivity contribution >= 4 is 42.5 Å². The Balaban J connectivity index is 0.00000210. The van der Waals surface area contributed by atoms with E-state index in [1.165, 1.54) is 4.68 Å².